The van der Waals surface area contributed by atoms with Crippen LogP contribution in [0, 0.1) is 0 Å². The summed E-state index contributed by atoms with van der Waals surface area (Å²) in [6, 6.07) is 16.3. The average molecular weight is 300 g/mol. The molecule has 3 rings (SSSR count). The number of benzene rings is 2. The van der Waals surface area contributed by atoms with Gasteiger partial charge in [-0.1, -0.05) is 43.3 Å². The number of hydrogen-bond donors (Lipinski definition) is 1. The third-order valence-corrected chi connectivity index (χ3v) is 5.09. The fraction of sp³-hybridized carbons (Fsp3) is 0.333. The summed E-state index contributed by atoms with van der Waals surface area (Å²) >= 11 is 1.89. The van der Waals surface area contributed by atoms with E-state index in [2.05, 4.69) is 24.3 Å². The maximum absolute atomic E-state index is 10.1. The molecule has 110 valence electrons. The Labute approximate surface area is 130 Å². The number of para-hydroxylation sites is 1. The molecule has 0 bridgehead atoms. The normalized spacial score (nSPS) is 18.3. The maximum Gasteiger partial charge on any atom is 0.125 e. The van der Waals surface area contributed by atoms with Crippen molar-refractivity contribution in [3.63, 3.8) is 0 Å². The third kappa shape index (κ3) is 3.25. The van der Waals surface area contributed by atoms with Crippen LogP contribution in [0.2, 0.25) is 0 Å². The molecular weight excluding hydrogens is 280 g/mol. The van der Waals surface area contributed by atoms with Gasteiger partial charge in [-0.05, 0) is 30.5 Å². The lowest BCUT2D eigenvalue weighted by Crippen LogP contribution is -2.14. The summed E-state index contributed by atoms with van der Waals surface area (Å²) in [6.07, 6.45) is 1.30. The maximum atomic E-state index is 10.1. The van der Waals surface area contributed by atoms with Gasteiger partial charge < -0.3 is 9.84 Å². The van der Waals surface area contributed by atoms with Crippen molar-refractivity contribution in [2.24, 2.45) is 0 Å². The van der Waals surface area contributed by atoms with Crippen molar-refractivity contribution in [3.8, 4) is 5.75 Å². The number of thioether (sulfide) groups is 1. The van der Waals surface area contributed by atoms with Crippen molar-refractivity contribution in [2.75, 3.05) is 6.61 Å². The van der Waals surface area contributed by atoms with Gasteiger partial charge in [0.05, 0.1) is 6.10 Å². The molecule has 21 heavy (non-hydrogen) atoms. The van der Waals surface area contributed by atoms with Crippen molar-refractivity contribution in [3.05, 3.63) is 59.7 Å². The van der Waals surface area contributed by atoms with Crippen LogP contribution in [0.1, 0.15) is 30.6 Å². The Bertz CT molecular complexity index is 587. The van der Waals surface area contributed by atoms with E-state index in [0.717, 1.165) is 17.7 Å². The second-order valence-electron chi connectivity index (χ2n) is 5.32. The van der Waals surface area contributed by atoms with Crippen molar-refractivity contribution in [2.45, 2.75) is 36.0 Å². The lowest BCUT2D eigenvalue weighted by molar-refractivity contribution is 0.167. The zero-order chi connectivity index (χ0) is 14.7. The van der Waals surface area contributed by atoms with Crippen molar-refractivity contribution >= 4 is 11.8 Å². The van der Waals surface area contributed by atoms with E-state index in [-0.39, 0.29) is 0 Å². The molecule has 0 radical (unpaired) electrons. The number of fused-ring (bicyclic) bond motifs is 1. The van der Waals surface area contributed by atoms with Gasteiger partial charge in [0.15, 0.2) is 0 Å². The van der Waals surface area contributed by atoms with Gasteiger partial charge in [0.2, 0.25) is 0 Å². The Morgan fingerprint density at radius 1 is 1.19 bits per heavy atom. The molecule has 1 N–H and O–H groups in total. The second-order valence-corrected chi connectivity index (χ2v) is 6.67. The lowest BCUT2D eigenvalue weighted by atomic mass is 10.1. The zero-order valence-corrected chi connectivity index (χ0v) is 13.0. The predicted molar refractivity (Wildman–Crippen MR) is 87.0 cm³/mol. The molecule has 3 heteroatoms. The number of aliphatic hydroxyl groups excluding tert-OH is 1. The largest absolute Gasteiger partial charge is 0.492 e. The van der Waals surface area contributed by atoms with Gasteiger partial charge in [-0.2, -0.15) is 0 Å². The predicted octanol–water partition coefficient (Wildman–Crippen LogP) is 4.23. The van der Waals surface area contributed by atoms with Crippen LogP contribution in [0.4, 0.5) is 0 Å². The molecule has 2 aromatic rings. The highest BCUT2D eigenvalue weighted by Gasteiger charge is 2.22. The number of aliphatic hydroxyl groups is 1. The lowest BCUT2D eigenvalue weighted by Gasteiger charge is -2.16. The minimum atomic E-state index is -0.449. The Morgan fingerprint density at radius 3 is 2.76 bits per heavy atom. The topological polar surface area (TPSA) is 29.5 Å². The van der Waals surface area contributed by atoms with Gasteiger partial charge in [-0.3, -0.25) is 0 Å². The van der Waals surface area contributed by atoms with Gasteiger partial charge >= 0.3 is 0 Å². The Balaban J connectivity index is 1.65. The molecule has 0 spiro atoms. The molecule has 0 saturated heterocycles. The molecule has 0 fully saturated rings. The Morgan fingerprint density at radius 2 is 1.95 bits per heavy atom. The fourth-order valence-electron chi connectivity index (χ4n) is 2.64. The quantitative estimate of drug-likeness (QED) is 0.896. The van der Waals surface area contributed by atoms with E-state index in [9.17, 15) is 5.11 Å². The summed E-state index contributed by atoms with van der Waals surface area (Å²) in [6.45, 7) is 2.65. The molecular formula is C18H20O2S. The SMILES string of the molecule is CC[C@H](O)c1ccccc1OCC1Cc2ccccc2S1. The van der Waals surface area contributed by atoms with E-state index < -0.39 is 6.10 Å². The second kappa shape index (κ2) is 6.54. The van der Waals surface area contributed by atoms with E-state index in [4.69, 9.17) is 4.74 Å². The smallest absolute Gasteiger partial charge is 0.125 e. The molecule has 2 atom stereocenters. The summed E-state index contributed by atoms with van der Waals surface area (Å²) in [5.41, 5.74) is 2.30. The summed E-state index contributed by atoms with van der Waals surface area (Å²) < 4.78 is 5.99. The number of rotatable bonds is 5. The Hall–Kier alpha value is -1.45. The fourth-order valence-corrected chi connectivity index (χ4v) is 3.85. The molecule has 0 aromatic heterocycles. The molecule has 0 aliphatic carbocycles. The molecule has 2 aromatic carbocycles. The Kier molecular flexibility index (Phi) is 4.51. The number of ether oxygens (including phenoxy) is 1. The average Bonchev–Trinajstić information content (AvgIpc) is 2.95. The summed E-state index contributed by atoms with van der Waals surface area (Å²) in [5, 5.41) is 10.5. The van der Waals surface area contributed by atoms with Crippen LogP contribution in [-0.4, -0.2) is 17.0 Å². The minimum Gasteiger partial charge on any atom is -0.492 e. The van der Waals surface area contributed by atoms with Gasteiger partial charge in [-0.15, -0.1) is 11.8 Å². The van der Waals surface area contributed by atoms with Gasteiger partial charge in [0, 0.05) is 15.7 Å². The monoisotopic (exact) mass is 300 g/mol. The van der Waals surface area contributed by atoms with Crippen molar-refractivity contribution < 1.29 is 9.84 Å². The van der Waals surface area contributed by atoms with E-state index in [1.807, 2.05) is 43.0 Å². The van der Waals surface area contributed by atoms with E-state index >= 15 is 0 Å². The first-order chi connectivity index (χ1) is 10.3. The summed E-state index contributed by atoms with van der Waals surface area (Å²) in [4.78, 5) is 1.37. The molecule has 1 unspecified atom stereocenters. The van der Waals surface area contributed by atoms with Crippen LogP contribution in [0.15, 0.2) is 53.4 Å². The first-order valence-corrected chi connectivity index (χ1v) is 8.30. The minimum absolute atomic E-state index is 0.449. The van der Waals surface area contributed by atoms with Crippen molar-refractivity contribution in [1.82, 2.24) is 0 Å². The highest BCUT2D eigenvalue weighted by atomic mass is 32.2. The van der Waals surface area contributed by atoms with E-state index in [1.165, 1.54) is 10.5 Å². The number of hydrogen-bond acceptors (Lipinski definition) is 3. The van der Waals surface area contributed by atoms with Crippen LogP contribution >= 0.6 is 11.8 Å². The zero-order valence-electron chi connectivity index (χ0n) is 12.2. The van der Waals surface area contributed by atoms with Crippen LogP contribution in [0.5, 0.6) is 5.75 Å². The van der Waals surface area contributed by atoms with Gasteiger partial charge in [-0.25, -0.2) is 0 Å². The molecule has 1 heterocycles. The summed E-state index contributed by atoms with van der Waals surface area (Å²) in [7, 11) is 0. The summed E-state index contributed by atoms with van der Waals surface area (Å²) in [5.74, 6) is 0.809. The van der Waals surface area contributed by atoms with E-state index in [0.29, 0.717) is 18.3 Å². The van der Waals surface area contributed by atoms with E-state index in [1.54, 1.807) is 0 Å². The molecule has 1 aliphatic rings. The first-order valence-electron chi connectivity index (χ1n) is 7.42. The van der Waals surface area contributed by atoms with Crippen LogP contribution in [-0.2, 0) is 6.42 Å². The van der Waals surface area contributed by atoms with Gasteiger partial charge in [0.25, 0.3) is 0 Å². The highest BCUT2D eigenvalue weighted by Crippen LogP contribution is 2.37. The van der Waals surface area contributed by atoms with Crippen LogP contribution in [0.3, 0.4) is 0 Å². The van der Waals surface area contributed by atoms with Crippen LogP contribution < -0.4 is 4.74 Å². The van der Waals surface area contributed by atoms with Crippen LogP contribution in [0.25, 0.3) is 0 Å². The highest BCUT2D eigenvalue weighted by molar-refractivity contribution is 8.00. The van der Waals surface area contributed by atoms with Crippen molar-refractivity contribution in [1.29, 1.82) is 0 Å². The molecule has 2 nitrogen and oxygen atoms in total. The van der Waals surface area contributed by atoms with Gasteiger partial charge in [0.1, 0.15) is 12.4 Å². The first kappa shape index (κ1) is 14.5. The standard InChI is InChI=1S/C18H20O2S/c1-2-16(19)15-8-4-5-9-17(15)20-12-14-11-13-7-3-6-10-18(13)21-14/h3-10,14,16,19H,2,11-12H2,1H3/t14?,16-/m0/s1. The third-order valence-electron chi connectivity index (χ3n) is 3.80. The molecule has 1 aliphatic heterocycles. The molecule has 0 amide bonds. The molecule has 0 saturated carbocycles.